The topological polar surface area (TPSA) is 49.4 Å². The fourth-order valence-corrected chi connectivity index (χ4v) is 3.42. The molecule has 0 spiro atoms. The van der Waals surface area contributed by atoms with Crippen LogP contribution >= 0.6 is 11.6 Å². The van der Waals surface area contributed by atoms with E-state index in [9.17, 15) is 21.6 Å². The van der Waals surface area contributed by atoms with Gasteiger partial charge in [0.15, 0.2) is 0 Å². The smallest absolute Gasteiger partial charge is 0.316 e. The molecule has 4 nitrogen and oxygen atoms in total. The third-order valence-corrected chi connectivity index (χ3v) is 5.02. The van der Waals surface area contributed by atoms with Crippen LogP contribution in [0.2, 0.25) is 5.02 Å². The van der Waals surface area contributed by atoms with Crippen LogP contribution in [-0.2, 0) is 16.6 Å². The number of nitrogens with one attached hydrogen (secondary N) is 1. The van der Waals surface area contributed by atoms with Crippen molar-refractivity contribution in [2.24, 2.45) is 0 Å². The third kappa shape index (κ3) is 4.84. The van der Waals surface area contributed by atoms with Gasteiger partial charge < -0.3 is 5.32 Å². The van der Waals surface area contributed by atoms with Gasteiger partial charge in [0.25, 0.3) is 0 Å². The first-order valence-corrected chi connectivity index (χ1v) is 7.93. The molecule has 9 heteroatoms. The highest BCUT2D eigenvalue weighted by molar-refractivity contribution is 7.89. The Morgan fingerprint density at radius 1 is 1.33 bits per heavy atom. The summed E-state index contributed by atoms with van der Waals surface area (Å²) in [6, 6.07) is 3.85. The fraction of sp³-hybridized carbons (Fsp3) is 0.500. The lowest BCUT2D eigenvalue weighted by Crippen LogP contribution is -2.38. The van der Waals surface area contributed by atoms with Crippen molar-refractivity contribution in [1.29, 1.82) is 0 Å². The molecule has 0 atom stereocenters. The standard InChI is InChI=1S/C12H16ClF3N2O2S/c1-3-18(8-12(14,15)16)21(19,20)10-4-5-11(13)9(6-10)7-17-2/h4-6,17H,3,7-8H2,1-2H3. The number of halogens is 4. The summed E-state index contributed by atoms with van der Waals surface area (Å²) in [6.07, 6.45) is -4.59. The van der Waals surface area contributed by atoms with Crippen molar-refractivity contribution in [1.82, 2.24) is 9.62 Å². The van der Waals surface area contributed by atoms with E-state index < -0.39 is 22.7 Å². The summed E-state index contributed by atoms with van der Waals surface area (Å²) in [5, 5.41) is 3.16. The van der Waals surface area contributed by atoms with Gasteiger partial charge >= 0.3 is 6.18 Å². The number of hydrogen-bond acceptors (Lipinski definition) is 3. The first kappa shape index (κ1) is 18.2. The number of benzene rings is 1. The first-order chi connectivity index (χ1) is 9.61. The molecule has 0 aliphatic carbocycles. The van der Waals surface area contributed by atoms with Crippen LogP contribution in [0.3, 0.4) is 0 Å². The van der Waals surface area contributed by atoms with Crippen LogP contribution in [0, 0.1) is 0 Å². The lowest BCUT2D eigenvalue weighted by Gasteiger charge is -2.22. The maximum atomic E-state index is 12.5. The van der Waals surface area contributed by atoms with Crippen molar-refractivity contribution in [3.63, 3.8) is 0 Å². The summed E-state index contributed by atoms with van der Waals surface area (Å²) in [6.45, 7) is -0.122. The van der Waals surface area contributed by atoms with Gasteiger partial charge in [-0.2, -0.15) is 17.5 Å². The Hall–Kier alpha value is -0.830. The summed E-state index contributed by atoms with van der Waals surface area (Å²) in [5.41, 5.74) is 0.503. The number of rotatable bonds is 6. The predicted octanol–water partition coefficient (Wildman–Crippen LogP) is 2.63. The molecular weight excluding hydrogens is 329 g/mol. The zero-order chi connectivity index (χ0) is 16.3. The second kappa shape index (κ2) is 6.95. The lowest BCUT2D eigenvalue weighted by atomic mass is 10.2. The molecule has 21 heavy (non-hydrogen) atoms. The van der Waals surface area contributed by atoms with Crippen molar-refractivity contribution in [2.45, 2.75) is 24.5 Å². The molecule has 0 aliphatic heterocycles. The number of hydrogen-bond donors (Lipinski definition) is 1. The van der Waals surface area contributed by atoms with Gasteiger partial charge in [0.05, 0.1) is 4.90 Å². The predicted molar refractivity (Wildman–Crippen MR) is 74.7 cm³/mol. The SMILES string of the molecule is CCN(CC(F)(F)F)S(=O)(=O)c1ccc(Cl)c(CNC)c1. The minimum atomic E-state index is -4.59. The molecule has 0 fully saturated rings. The quantitative estimate of drug-likeness (QED) is 0.863. The molecule has 120 valence electrons. The summed E-state index contributed by atoms with van der Waals surface area (Å²) in [4.78, 5) is -0.205. The largest absolute Gasteiger partial charge is 0.402 e. The van der Waals surface area contributed by atoms with Crippen molar-refractivity contribution in [3.05, 3.63) is 28.8 Å². The molecule has 0 saturated carbocycles. The molecule has 0 saturated heterocycles. The van der Waals surface area contributed by atoms with Crippen LogP contribution in [-0.4, -0.2) is 39.0 Å². The van der Waals surface area contributed by atoms with Gasteiger partial charge in [-0.3, -0.25) is 0 Å². The average Bonchev–Trinajstić information content (AvgIpc) is 2.37. The Morgan fingerprint density at radius 3 is 2.43 bits per heavy atom. The summed E-state index contributed by atoms with van der Waals surface area (Å²) < 4.78 is 62.3. The molecule has 0 aliphatic rings. The van der Waals surface area contributed by atoms with Crippen LogP contribution in [0.1, 0.15) is 12.5 Å². The van der Waals surface area contributed by atoms with Gasteiger partial charge in [-0.25, -0.2) is 8.42 Å². The minimum Gasteiger partial charge on any atom is -0.316 e. The van der Waals surface area contributed by atoms with Crippen LogP contribution in [0.15, 0.2) is 23.1 Å². The Morgan fingerprint density at radius 2 is 1.95 bits per heavy atom. The number of alkyl halides is 3. The maximum absolute atomic E-state index is 12.5. The van der Waals surface area contributed by atoms with Gasteiger partial charge in [0, 0.05) is 18.1 Å². The molecule has 0 aromatic heterocycles. The van der Waals surface area contributed by atoms with Crippen molar-refractivity contribution in [3.8, 4) is 0 Å². The van der Waals surface area contributed by atoms with E-state index in [1.165, 1.54) is 25.1 Å². The molecule has 1 rings (SSSR count). The van der Waals surface area contributed by atoms with E-state index in [-0.39, 0.29) is 11.4 Å². The Balaban J connectivity index is 3.19. The molecule has 1 N–H and O–H groups in total. The molecule has 0 heterocycles. The summed E-state index contributed by atoms with van der Waals surface area (Å²) in [5.74, 6) is 0. The zero-order valence-electron chi connectivity index (χ0n) is 11.5. The second-order valence-corrected chi connectivity index (χ2v) is 6.68. The molecule has 0 unspecified atom stereocenters. The Bertz CT molecular complexity index is 591. The van der Waals surface area contributed by atoms with Crippen LogP contribution in [0.5, 0.6) is 0 Å². The normalized spacial score (nSPS) is 12.9. The second-order valence-electron chi connectivity index (χ2n) is 4.33. The van der Waals surface area contributed by atoms with E-state index in [1.54, 1.807) is 7.05 Å². The highest BCUT2D eigenvalue weighted by atomic mass is 35.5. The molecule has 1 aromatic carbocycles. The van der Waals surface area contributed by atoms with Crippen LogP contribution in [0.25, 0.3) is 0 Å². The summed E-state index contributed by atoms with van der Waals surface area (Å²) >= 11 is 5.92. The zero-order valence-corrected chi connectivity index (χ0v) is 13.1. The van der Waals surface area contributed by atoms with Crippen LogP contribution < -0.4 is 5.32 Å². The molecule has 0 amide bonds. The number of nitrogens with zero attached hydrogens (tertiary/aromatic N) is 1. The fourth-order valence-electron chi connectivity index (χ4n) is 1.75. The Kier molecular flexibility index (Phi) is 6.03. The van der Waals surface area contributed by atoms with Gasteiger partial charge in [0.1, 0.15) is 6.54 Å². The molecule has 0 bridgehead atoms. The first-order valence-electron chi connectivity index (χ1n) is 6.11. The highest BCUT2D eigenvalue weighted by Gasteiger charge is 2.36. The van der Waals surface area contributed by atoms with Crippen LogP contribution in [0.4, 0.5) is 13.2 Å². The van der Waals surface area contributed by atoms with Crippen molar-refractivity contribution in [2.75, 3.05) is 20.1 Å². The van der Waals surface area contributed by atoms with E-state index in [0.717, 1.165) is 0 Å². The van der Waals surface area contributed by atoms with E-state index in [0.29, 0.717) is 21.4 Å². The molecular formula is C12H16ClF3N2O2S. The minimum absolute atomic E-state index is 0.205. The third-order valence-electron chi connectivity index (χ3n) is 2.73. The Labute approximate surface area is 126 Å². The van der Waals surface area contributed by atoms with E-state index >= 15 is 0 Å². The number of sulfonamides is 1. The van der Waals surface area contributed by atoms with Gasteiger partial charge in [-0.05, 0) is 30.8 Å². The average molecular weight is 345 g/mol. The van der Waals surface area contributed by atoms with Gasteiger partial charge in [-0.15, -0.1) is 0 Å². The molecule has 0 radical (unpaired) electrons. The van der Waals surface area contributed by atoms with E-state index in [1.807, 2.05) is 0 Å². The lowest BCUT2D eigenvalue weighted by molar-refractivity contribution is -0.135. The monoisotopic (exact) mass is 344 g/mol. The van der Waals surface area contributed by atoms with Crippen molar-refractivity contribution < 1.29 is 21.6 Å². The molecule has 1 aromatic rings. The van der Waals surface area contributed by atoms with Gasteiger partial charge in [0.2, 0.25) is 10.0 Å². The van der Waals surface area contributed by atoms with E-state index in [2.05, 4.69) is 5.32 Å². The van der Waals surface area contributed by atoms with Crippen molar-refractivity contribution >= 4 is 21.6 Å². The van der Waals surface area contributed by atoms with E-state index in [4.69, 9.17) is 11.6 Å². The van der Waals surface area contributed by atoms with Gasteiger partial charge in [-0.1, -0.05) is 18.5 Å². The maximum Gasteiger partial charge on any atom is 0.402 e. The highest BCUT2D eigenvalue weighted by Crippen LogP contribution is 2.25. The summed E-state index contributed by atoms with van der Waals surface area (Å²) in [7, 11) is -2.56.